The van der Waals surface area contributed by atoms with Crippen LogP contribution in [-0.2, 0) is 28.7 Å². The number of halogens is 3. The first-order chi connectivity index (χ1) is 23.5. The molecule has 0 aliphatic carbocycles. The van der Waals surface area contributed by atoms with Gasteiger partial charge < -0.3 is 24.8 Å². The van der Waals surface area contributed by atoms with Gasteiger partial charge >= 0.3 is 5.97 Å². The molecule has 0 spiro atoms. The van der Waals surface area contributed by atoms with Crippen molar-refractivity contribution >= 4 is 75.3 Å². The SMILES string of the molecule is CC(C)[C@H](CC(=O)C(C)(/C=C/c1ccc2ccc([C@@H](C)O)nc2c1)C1CCOC1)C(=O)N[C@@H](C)C(=O)N1CCC[C@@H](C(=O)OCC(Cl)(Cl)Cl)C1. The first kappa shape index (κ1) is 40.0. The summed E-state index contributed by atoms with van der Waals surface area (Å²) in [6.45, 7) is 10.1. The number of aromatic nitrogens is 1. The van der Waals surface area contributed by atoms with E-state index in [1.807, 2.05) is 57.2 Å². The number of nitrogens with zero attached hydrogens (tertiary/aromatic N) is 2. The number of aliphatic hydroxyl groups excluding tert-OH is 1. The van der Waals surface area contributed by atoms with Gasteiger partial charge in [-0.2, -0.15) is 0 Å². The molecule has 6 atom stereocenters. The zero-order valence-electron chi connectivity index (χ0n) is 29.3. The standard InChI is InChI=1S/C37H48Cl3N3O7/c1-22(2)29(33(46)41-23(3)34(47)43-15-6-7-27(19-43)35(48)50-21-37(38,39)40)18-32(45)36(5,28-13-16-49-20-28)14-12-25-8-9-26-10-11-30(24(4)44)42-31(26)17-25/h8-12,14,17,22-24,27-29,44H,6-7,13,15-16,18-21H2,1-5H3,(H,41,46)/b14-12+/t23-,24+,27+,28?,29-,36?/m0/s1. The smallest absolute Gasteiger partial charge is 0.310 e. The van der Waals surface area contributed by atoms with Crippen LogP contribution in [0.1, 0.15) is 77.7 Å². The number of amides is 2. The van der Waals surface area contributed by atoms with Crippen LogP contribution in [0.3, 0.4) is 0 Å². The fourth-order valence-electron chi connectivity index (χ4n) is 6.57. The lowest BCUT2D eigenvalue weighted by atomic mass is 9.69. The number of benzene rings is 1. The van der Waals surface area contributed by atoms with Crippen LogP contribution in [0.4, 0.5) is 0 Å². The van der Waals surface area contributed by atoms with E-state index in [4.69, 9.17) is 44.3 Å². The van der Waals surface area contributed by atoms with Crippen molar-refractivity contribution in [2.45, 2.75) is 76.2 Å². The van der Waals surface area contributed by atoms with Gasteiger partial charge in [-0.05, 0) is 63.6 Å². The lowest BCUT2D eigenvalue weighted by Crippen LogP contribution is -2.52. The van der Waals surface area contributed by atoms with Gasteiger partial charge in [-0.1, -0.05) is 79.0 Å². The zero-order valence-corrected chi connectivity index (χ0v) is 31.6. The maximum Gasteiger partial charge on any atom is 0.310 e. The summed E-state index contributed by atoms with van der Waals surface area (Å²) in [5.41, 5.74) is 1.26. The van der Waals surface area contributed by atoms with Gasteiger partial charge in [-0.15, -0.1) is 0 Å². The fourth-order valence-corrected chi connectivity index (χ4v) is 6.73. The summed E-state index contributed by atoms with van der Waals surface area (Å²) in [5.74, 6) is -2.84. The van der Waals surface area contributed by atoms with Crippen LogP contribution in [0.25, 0.3) is 17.0 Å². The Morgan fingerprint density at radius 3 is 2.48 bits per heavy atom. The van der Waals surface area contributed by atoms with E-state index in [-0.39, 0.29) is 42.4 Å². The Morgan fingerprint density at radius 1 is 1.12 bits per heavy atom. The van der Waals surface area contributed by atoms with Crippen molar-refractivity contribution < 1.29 is 33.8 Å². The van der Waals surface area contributed by atoms with Crippen LogP contribution in [0.15, 0.2) is 36.4 Å². The Labute approximate surface area is 309 Å². The number of carbonyl (C=O) groups excluding carboxylic acids is 4. The van der Waals surface area contributed by atoms with Crippen molar-refractivity contribution in [3.63, 3.8) is 0 Å². The molecule has 2 fully saturated rings. The number of hydrogen-bond acceptors (Lipinski definition) is 8. The number of Topliss-reactive ketones (excluding diaryl/α,β-unsaturated/α-hetero) is 1. The average Bonchev–Trinajstić information content (AvgIpc) is 3.63. The molecule has 2 saturated heterocycles. The molecule has 0 bridgehead atoms. The second kappa shape index (κ2) is 17.2. The molecule has 2 amide bonds. The number of rotatable bonds is 13. The molecule has 1 aromatic heterocycles. The molecule has 3 heterocycles. The largest absolute Gasteiger partial charge is 0.461 e. The van der Waals surface area contributed by atoms with Gasteiger partial charge in [-0.25, -0.2) is 0 Å². The summed E-state index contributed by atoms with van der Waals surface area (Å²) >= 11 is 17.1. The number of carbonyl (C=O) groups is 4. The van der Waals surface area contributed by atoms with Crippen LogP contribution < -0.4 is 5.32 Å². The highest BCUT2D eigenvalue weighted by molar-refractivity contribution is 6.67. The molecular weight excluding hydrogens is 705 g/mol. The fraction of sp³-hybridized carbons (Fsp3) is 0.595. The lowest BCUT2D eigenvalue weighted by molar-refractivity contribution is -0.152. The average molecular weight is 753 g/mol. The third-order valence-corrected chi connectivity index (χ3v) is 10.2. The Balaban J connectivity index is 1.45. The van der Waals surface area contributed by atoms with Crippen molar-refractivity contribution in [1.29, 1.82) is 0 Å². The first-order valence-electron chi connectivity index (χ1n) is 17.2. The molecular formula is C37H48Cl3N3O7. The molecule has 2 aliphatic rings. The molecule has 13 heteroatoms. The first-order valence-corrected chi connectivity index (χ1v) is 18.3. The van der Waals surface area contributed by atoms with E-state index in [9.17, 15) is 24.3 Å². The van der Waals surface area contributed by atoms with Gasteiger partial charge in [0.1, 0.15) is 18.4 Å². The number of pyridine rings is 1. The number of aliphatic hydroxyl groups is 1. The third-order valence-electron chi connectivity index (χ3n) is 9.89. The third kappa shape index (κ3) is 10.4. The number of piperidine rings is 1. The van der Waals surface area contributed by atoms with Crippen LogP contribution in [0.5, 0.6) is 0 Å². The number of esters is 1. The Bertz CT molecular complexity index is 1570. The van der Waals surface area contributed by atoms with E-state index in [0.717, 1.165) is 16.5 Å². The maximum atomic E-state index is 14.2. The van der Waals surface area contributed by atoms with E-state index in [1.165, 1.54) is 0 Å². The highest BCUT2D eigenvalue weighted by atomic mass is 35.6. The minimum atomic E-state index is -1.73. The molecule has 50 heavy (non-hydrogen) atoms. The van der Waals surface area contributed by atoms with Crippen LogP contribution in [0, 0.1) is 29.1 Å². The summed E-state index contributed by atoms with van der Waals surface area (Å²) in [6.07, 6.45) is 4.95. The van der Waals surface area contributed by atoms with Gasteiger partial charge in [0.05, 0.1) is 29.8 Å². The van der Waals surface area contributed by atoms with Gasteiger partial charge in [0.25, 0.3) is 0 Å². The van der Waals surface area contributed by atoms with E-state index in [1.54, 1.807) is 24.8 Å². The number of alkyl halides is 3. The number of hydrogen-bond donors (Lipinski definition) is 2. The highest BCUT2D eigenvalue weighted by Crippen LogP contribution is 2.39. The summed E-state index contributed by atoms with van der Waals surface area (Å²) < 4.78 is 9.10. The molecule has 10 nitrogen and oxygen atoms in total. The molecule has 2 aromatic rings. The van der Waals surface area contributed by atoms with Crippen molar-refractivity contribution in [1.82, 2.24) is 15.2 Å². The van der Waals surface area contributed by atoms with Crippen molar-refractivity contribution in [3.8, 4) is 0 Å². The van der Waals surface area contributed by atoms with Crippen LogP contribution >= 0.6 is 34.8 Å². The molecule has 4 rings (SSSR count). The van der Waals surface area contributed by atoms with Gasteiger partial charge in [-0.3, -0.25) is 24.2 Å². The minimum Gasteiger partial charge on any atom is -0.461 e. The molecule has 2 aliphatic heterocycles. The van der Waals surface area contributed by atoms with Crippen molar-refractivity contribution in [3.05, 3.63) is 47.7 Å². The predicted molar refractivity (Wildman–Crippen MR) is 195 cm³/mol. The monoisotopic (exact) mass is 751 g/mol. The molecule has 1 aromatic carbocycles. The summed E-state index contributed by atoms with van der Waals surface area (Å²) in [6, 6.07) is 8.68. The Kier molecular flexibility index (Phi) is 13.7. The summed E-state index contributed by atoms with van der Waals surface area (Å²) in [7, 11) is 0. The predicted octanol–water partition coefficient (Wildman–Crippen LogP) is 6.23. The van der Waals surface area contributed by atoms with Gasteiger partial charge in [0, 0.05) is 48.8 Å². The van der Waals surface area contributed by atoms with E-state index >= 15 is 0 Å². The van der Waals surface area contributed by atoms with Crippen molar-refractivity contribution in [2.75, 3.05) is 32.9 Å². The Hall–Kier alpha value is -2.76. The molecule has 2 unspecified atom stereocenters. The van der Waals surface area contributed by atoms with E-state index in [0.29, 0.717) is 44.7 Å². The number of fused-ring (bicyclic) bond motifs is 1. The summed E-state index contributed by atoms with van der Waals surface area (Å²) in [4.78, 5) is 60.0. The second-order valence-electron chi connectivity index (χ2n) is 14.1. The second-order valence-corrected chi connectivity index (χ2v) is 16.6. The maximum absolute atomic E-state index is 14.2. The Morgan fingerprint density at radius 2 is 1.84 bits per heavy atom. The number of ether oxygens (including phenoxy) is 2. The molecule has 2 N–H and O–H groups in total. The summed E-state index contributed by atoms with van der Waals surface area (Å²) in [5, 5.41) is 13.8. The molecule has 274 valence electrons. The number of nitrogens with one attached hydrogen (secondary N) is 1. The van der Waals surface area contributed by atoms with Crippen LogP contribution in [0.2, 0.25) is 0 Å². The van der Waals surface area contributed by atoms with E-state index < -0.39 is 45.8 Å². The van der Waals surface area contributed by atoms with Crippen LogP contribution in [-0.4, -0.2) is 81.3 Å². The minimum absolute atomic E-state index is 0.0143. The van der Waals surface area contributed by atoms with Gasteiger partial charge in [0.15, 0.2) is 0 Å². The van der Waals surface area contributed by atoms with Crippen molar-refractivity contribution in [2.24, 2.45) is 29.1 Å². The molecule has 0 saturated carbocycles. The van der Waals surface area contributed by atoms with E-state index in [2.05, 4.69) is 10.3 Å². The lowest BCUT2D eigenvalue weighted by Gasteiger charge is -2.34. The van der Waals surface area contributed by atoms with Gasteiger partial charge in [0.2, 0.25) is 15.6 Å². The normalized spacial score (nSPS) is 21.5. The number of allylic oxidation sites excluding steroid dienone is 1. The number of likely N-dealkylation sites (tertiary alicyclic amines) is 1. The number of ketones is 1. The highest BCUT2D eigenvalue weighted by Gasteiger charge is 2.43. The zero-order chi connectivity index (χ0) is 36.8. The molecule has 0 radical (unpaired) electrons. The quantitative estimate of drug-likeness (QED) is 0.182. The topological polar surface area (TPSA) is 135 Å².